The normalized spacial score (nSPS) is 12.2. The lowest BCUT2D eigenvalue weighted by Gasteiger charge is -2.10. The minimum atomic E-state index is -1.10. The molecule has 0 aliphatic rings. The highest BCUT2D eigenvalue weighted by Gasteiger charge is 2.16. The summed E-state index contributed by atoms with van der Waals surface area (Å²) in [6, 6.07) is 3.95. The molecule has 0 amide bonds. The van der Waals surface area contributed by atoms with Gasteiger partial charge in [-0.1, -0.05) is 0 Å². The minimum Gasteiger partial charge on any atom is -0.484 e. The topological polar surface area (TPSA) is 113 Å². The summed E-state index contributed by atoms with van der Waals surface area (Å²) in [7, 11) is 0. The van der Waals surface area contributed by atoms with Crippen molar-refractivity contribution in [2.75, 3.05) is 13.2 Å². The second kappa shape index (κ2) is 6.14. The summed E-state index contributed by atoms with van der Waals surface area (Å²) in [5.74, 6) is -0.0472. The van der Waals surface area contributed by atoms with E-state index >= 15 is 0 Å². The SMILES string of the molecule is O=[N+]([O-])c1ccc(CO)cc1OCC(O)CO. The summed E-state index contributed by atoms with van der Waals surface area (Å²) in [6.07, 6.45) is -1.10. The molecule has 0 radical (unpaired) electrons. The Morgan fingerprint density at radius 3 is 2.65 bits per heavy atom. The van der Waals surface area contributed by atoms with Gasteiger partial charge in [-0.15, -0.1) is 0 Å². The zero-order valence-corrected chi connectivity index (χ0v) is 8.94. The number of rotatable bonds is 6. The average Bonchev–Trinajstić information content (AvgIpc) is 2.35. The minimum absolute atomic E-state index is 0.0472. The third kappa shape index (κ3) is 3.66. The Kier molecular flexibility index (Phi) is 4.83. The van der Waals surface area contributed by atoms with Gasteiger partial charge in [-0.2, -0.15) is 0 Å². The predicted octanol–water partition coefficient (Wildman–Crippen LogP) is -0.181. The zero-order valence-electron chi connectivity index (χ0n) is 8.94. The molecule has 0 fully saturated rings. The Morgan fingerprint density at radius 2 is 2.12 bits per heavy atom. The fourth-order valence-electron chi connectivity index (χ4n) is 1.16. The van der Waals surface area contributed by atoms with E-state index in [2.05, 4.69) is 0 Å². The van der Waals surface area contributed by atoms with E-state index in [-0.39, 0.29) is 24.7 Å². The van der Waals surface area contributed by atoms with Gasteiger partial charge in [0.25, 0.3) is 0 Å². The molecule has 17 heavy (non-hydrogen) atoms. The average molecular weight is 243 g/mol. The van der Waals surface area contributed by atoms with Crippen molar-refractivity contribution in [1.82, 2.24) is 0 Å². The summed E-state index contributed by atoms with van der Waals surface area (Å²) in [6.45, 7) is -1.02. The monoisotopic (exact) mass is 243 g/mol. The van der Waals surface area contributed by atoms with Gasteiger partial charge in [-0.3, -0.25) is 10.1 Å². The molecule has 1 atom stereocenters. The first-order valence-electron chi connectivity index (χ1n) is 4.88. The number of nitro groups is 1. The molecule has 0 aliphatic heterocycles. The van der Waals surface area contributed by atoms with Crippen LogP contribution in [0.15, 0.2) is 18.2 Å². The third-order valence-electron chi connectivity index (χ3n) is 2.05. The molecule has 1 aromatic carbocycles. The molecule has 0 spiro atoms. The fourth-order valence-corrected chi connectivity index (χ4v) is 1.16. The van der Waals surface area contributed by atoms with Crippen molar-refractivity contribution < 1.29 is 25.0 Å². The molecular weight excluding hydrogens is 230 g/mol. The lowest BCUT2D eigenvalue weighted by atomic mass is 10.2. The maximum atomic E-state index is 10.7. The van der Waals surface area contributed by atoms with Gasteiger partial charge >= 0.3 is 5.69 Å². The van der Waals surface area contributed by atoms with Crippen molar-refractivity contribution in [2.24, 2.45) is 0 Å². The van der Waals surface area contributed by atoms with E-state index in [4.69, 9.17) is 20.1 Å². The molecule has 1 rings (SSSR count). The van der Waals surface area contributed by atoms with Crippen LogP contribution in [0.25, 0.3) is 0 Å². The third-order valence-corrected chi connectivity index (χ3v) is 2.05. The molecule has 94 valence electrons. The van der Waals surface area contributed by atoms with Crippen LogP contribution in [0.5, 0.6) is 5.75 Å². The molecule has 0 saturated heterocycles. The van der Waals surface area contributed by atoms with Crippen LogP contribution in [-0.4, -0.2) is 39.6 Å². The van der Waals surface area contributed by atoms with Crippen molar-refractivity contribution in [3.63, 3.8) is 0 Å². The molecule has 3 N–H and O–H groups in total. The number of ether oxygens (including phenoxy) is 1. The van der Waals surface area contributed by atoms with Crippen molar-refractivity contribution in [2.45, 2.75) is 12.7 Å². The first kappa shape index (κ1) is 13.4. The standard InChI is InChI=1S/C10H13NO6/c12-4-7-1-2-9(11(15)16)10(3-7)17-6-8(14)5-13/h1-3,8,12-14H,4-6H2. The summed E-state index contributed by atoms with van der Waals surface area (Å²) >= 11 is 0. The largest absolute Gasteiger partial charge is 0.484 e. The lowest BCUT2D eigenvalue weighted by Crippen LogP contribution is -2.21. The van der Waals surface area contributed by atoms with Crippen LogP contribution in [0.3, 0.4) is 0 Å². The maximum absolute atomic E-state index is 10.7. The van der Waals surface area contributed by atoms with Gasteiger partial charge in [0.15, 0.2) is 5.75 Å². The molecule has 1 aromatic rings. The second-order valence-electron chi connectivity index (χ2n) is 3.36. The Balaban J connectivity index is 2.89. The first-order chi connectivity index (χ1) is 8.08. The fraction of sp³-hybridized carbons (Fsp3) is 0.400. The van der Waals surface area contributed by atoms with Crippen LogP contribution in [-0.2, 0) is 6.61 Å². The summed E-state index contributed by atoms with van der Waals surface area (Å²) in [4.78, 5) is 10.1. The van der Waals surface area contributed by atoms with E-state index in [0.29, 0.717) is 5.56 Å². The molecule has 7 nitrogen and oxygen atoms in total. The van der Waals surface area contributed by atoms with E-state index < -0.39 is 17.6 Å². The van der Waals surface area contributed by atoms with E-state index in [1.165, 1.54) is 18.2 Å². The van der Waals surface area contributed by atoms with Crippen molar-refractivity contribution in [1.29, 1.82) is 0 Å². The number of aliphatic hydroxyl groups excluding tert-OH is 3. The highest BCUT2D eigenvalue weighted by atomic mass is 16.6. The first-order valence-corrected chi connectivity index (χ1v) is 4.88. The van der Waals surface area contributed by atoms with E-state index in [1.807, 2.05) is 0 Å². The Bertz CT molecular complexity index is 394. The molecule has 0 saturated carbocycles. The predicted molar refractivity (Wildman–Crippen MR) is 57.6 cm³/mol. The molecule has 1 unspecified atom stereocenters. The van der Waals surface area contributed by atoms with Crippen molar-refractivity contribution >= 4 is 5.69 Å². The molecular formula is C10H13NO6. The Labute approximate surface area is 97.0 Å². The van der Waals surface area contributed by atoms with Gasteiger partial charge in [0, 0.05) is 6.07 Å². The van der Waals surface area contributed by atoms with Crippen LogP contribution in [0.1, 0.15) is 5.56 Å². The van der Waals surface area contributed by atoms with Gasteiger partial charge in [0.05, 0.1) is 18.1 Å². The van der Waals surface area contributed by atoms with Gasteiger partial charge in [0.1, 0.15) is 12.7 Å². The Hall–Kier alpha value is -1.70. The quantitative estimate of drug-likeness (QED) is 0.472. The van der Waals surface area contributed by atoms with E-state index in [9.17, 15) is 10.1 Å². The number of benzene rings is 1. The molecule has 0 bridgehead atoms. The lowest BCUT2D eigenvalue weighted by molar-refractivity contribution is -0.386. The van der Waals surface area contributed by atoms with Gasteiger partial charge < -0.3 is 20.1 Å². The van der Waals surface area contributed by atoms with Crippen molar-refractivity contribution in [3.05, 3.63) is 33.9 Å². The van der Waals surface area contributed by atoms with E-state index in [1.54, 1.807) is 0 Å². The van der Waals surface area contributed by atoms with Crippen LogP contribution < -0.4 is 4.74 Å². The van der Waals surface area contributed by atoms with Crippen LogP contribution >= 0.6 is 0 Å². The second-order valence-corrected chi connectivity index (χ2v) is 3.36. The van der Waals surface area contributed by atoms with Crippen LogP contribution in [0.4, 0.5) is 5.69 Å². The number of aliphatic hydroxyl groups is 3. The summed E-state index contributed by atoms with van der Waals surface area (Å²) in [5, 5.41) is 37.3. The van der Waals surface area contributed by atoms with Crippen molar-refractivity contribution in [3.8, 4) is 5.75 Å². The summed E-state index contributed by atoms with van der Waals surface area (Å²) in [5.41, 5.74) is 0.205. The molecule has 0 aliphatic carbocycles. The molecule has 0 aromatic heterocycles. The highest BCUT2D eigenvalue weighted by molar-refractivity contribution is 5.48. The number of nitro benzene ring substituents is 1. The smallest absolute Gasteiger partial charge is 0.310 e. The maximum Gasteiger partial charge on any atom is 0.310 e. The van der Waals surface area contributed by atoms with Gasteiger partial charge in [-0.05, 0) is 17.7 Å². The van der Waals surface area contributed by atoms with Gasteiger partial charge in [-0.25, -0.2) is 0 Å². The number of hydrogen-bond acceptors (Lipinski definition) is 6. The Morgan fingerprint density at radius 1 is 1.41 bits per heavy atom. The number of nitrogens with zero attached hydrogens (tertiary/aromatic N) is 1. The van der Waals surface area contributed by atoms with Gasteiger partial charge in [0.2, 0.25) is 0 Å². The van der Waals surface area contributed by atoms with E-state index in [0.717, 1.165) is 0 Å². The number of hydrogen-bond donors (Lipinski definition) is 3. The summed E-state index contributed by atoms with van der Waals surface area (Å²) < 4.78 is 5.03. The zero-order chi connectivity index (χ0) is 12.8. The molecule has 7 heteroatoms. The highest BCUT2D eigenvalue weighted by Crippen LogP contribution is 2.28. The van der Waals surface area contributed by atoms with Crippen LogP contribution in [0.2, 0.25) is 0 Å². The molecule has 0 heterocycles. The van der Waals surface area contributed by atoms with Crippen LogP contribution in [0, 0.1) is 10.1 Å².